The Morgan fingerprint density at radius 2 is 1.76 bits per heavy atom. The SMILES string of the molecule is CCOC(=O)/C(C)=C/C(C)=C/c1csc([C@H](Cc2ccc(OCc3ccccc3)cc2)NC(=O)C2CCCCC2)n1. The second-order valence-electron chi connectivity index (χ2n) is 10.6. The predicted octanol–water partition coefficient (Wildman–Crippen LogP) is 7.62. The molecule has 2 aromatic carbocycles. The van der Waals surface area contributed by atoms with Crippen LogP contribution in [0.25, 0.3) is 6.08 Å². The molecule has 0 radical (unpaired) electrons. The number of amides is 1. The van der Waals surface area contributed by atoms with Gasteiger partial charge in [-0.15, -0.1) is 11.3 Å². The molecule has 0 saturated heterocycles. The summed E-state index contributed by atoms with van der Waals surface area (Å²) >= 11 is 1.54. The van der Waals surface area contributed by atoms with Crippen LogP contribution in [-0.4, -0.2) is 23.5 Å². The van der Waals surface area contributed by atoms with Crippen LogP contribution in [0.3, 0.4) is 0 Å². The van der Waals surface area contributed by atoms with Gasteiger partial charge in [0, 0.05) is 16.9 Å². The van der Waals surface area contributed by atoms with Crippen LogP contribution >= 0.6 is 11.3 Å². The molecule has 3 aromatic rings. The van der Waals surface area contributed by atoms with Crippen molar-refractivity contribution >= 4 is 29.3 Å². The maximum Gasteiger partial charge on any atom is 0.333 e. The molecular weight excluding hydrogens is 532 g/mol. The molecule has 216 valence electrons. The fourth-order valence-corrected chi connectivity index (χ4v) is 5.83. The van der Waals surface area contributed by atoms with E-state index in [0.717, 1.165) is 58.8 Å². The van der Waals surface area contributed by atoms with Gasteiger partial charge in [0.2, 0.25) is 5.91 Å². The first-order valence-corrected chi connectivity index (χ1v) is 15.3. The molecule has 1 aromatic heterocycles. The van der Waals surface area contributed by atoms with Crippen molar-refractivity contribution in [2.75, 3.05) is 6.61 Å². The van der Waals surface area contributed by atoms with E-state index in [4.69, 9.17) is 14.5 Å². The molecule has 1 heterocycles. The van der Waals surface area contributed by atoms with Crippen molar-refractivity contribution in [1.82, 2.24) is 10.3 Å². The van der Waals surface area contributed by atoms with Crippen LogP contribution in [0.15, 0.2) is 77.2 Å². The van der Waals surface area contributed by atoms with E-state index in [1.54, 1.807) is 31.3 Å². The van der Waals surface area contributed by atoms with Crippen molar-refractivity contribution in [3.8, 4) is 5.75 Å². The summed E-state index contributed by atoms with van der Waals surface area (Å²) in [6.07, 6.45) is 9.70. The third-order valence-electron chi connectivity index (χ3n) is 7.16. The zero-order valence-electron chi connectivity index (χ0n) is 24.2. The van der Waals surface area contributed by atoms with Crippen LogP contribution in [0.5, 0.6) is 5.75 Å². The third-order valence-corrected chi connectivity index (χ3v) is 8.14. The Morgan fingerprint density at radius 3 is 2.46 bits per heavy atom. The van der Waals surface area contributed by atoms with Crippen molar-refractivity contribution in [2.24, 2.45) is 5.92 Å². The van der Waals surface area contributed by atoms with Crippen molar-refractivity contribution in [3.05, 3.63) is 99.0 Å². The van der Waals surface area contributed by atoms with E-state index in [2.05, 4.69) is 17.4 Å². The first-order chi connectivity index (χ1) is 19.9. The van der Waals surface area contributed by atoms with E-state index in [-0.39, 0.29) is 23.8 Å². The minimum Gasteiger partial charge on any atom is -0.489 e. The highest BCUT2D eigenvalue weighted by Gasteiger charge is 2.25. The quantitative estimate of drug-likeness (QED) is 0.137. The van der Waals surface area contributed by atoms with Crippen LogP contribution in [0, 0.1) is 5.92 Å². The lowest BCUT2D eigenvalue weighted by molar-refractivity contribution is -0.138. The van der Waals surface area contributed by atoms with Gasteiger partial charge in [0.1, 0.15) is 17.4 Å². The molecule has 1 saturated carbocycles. The molecule has 1 aliphatic carbocycles. The summed E-state index contributed by atoms with van der Waals surface area (Å²) in [6, 6.07) is 17.9. The number of hydrogen-bond acceptors (Lipinski definition) is 6. The van der Waals surface area contributed by atoms with E-state index < -0.39 is 0 Å². The molecule has 41 heavy (non-hydrogen) atoms. The van der Waals surface area contributed by atoms with Crippen LogP contribution in [-0.2, 0) is 27.4 Å². The highest BCUT2D eigenvalue weighted by Crippen LogP contribution is 2.28. The van der Waals surface area contributed by atoms with Crippen LogP contribution in [0.4, 0.5) is 0 Å². The topological polar surface area (TPSA) is 77.5 Å². The Kier molecular flexibility index (Phi) is 11.3. The average Bonchev–Trinajstić information content (AvgIpc) is 3.45. The van der Waals surface area contributed by atoms with Gasteiger partial charge < -0.3 is 14.8 Å². The zero-order chi connectivity index (χ0) is 29.0. The lowest BCUT2D eigenvalue weighted by Gasteiger charge is -2.24. The lowest BCUT2D eigenvalue weighted by atomic mass is 9.88. The van der Waals surface area contributed by atoms with E-state index in [1.165, 1.54) is 6.42 Å². The minimum atomic E-state index is -0.318. The van der Waals surface area contributed by atoms with Gasteiger partial charge in [-0.1, -0.05) is 61.7 Å². The normalized spacial score (nSPS) is 15.3. The number of ether oxygens (including phenoxy) is 2. The van der Waals surface area contributed by atoms with E-state index >= 15 is 0 Å². The van der Waals surface area contributed by atoms with Gasteiger partial charge in [-0.05, 0) is 81.0 Å². The lowest BCUT2D eigenvalue weighted by Crippen LogP contribution is -2.35. The summed E-state index contributed by atoms with van der Waals surface area (Å²) in [5, 5.41) is 6.18. The second-order valence-corrected chi connectivity index (χ2v) is 11.5. The van der Waals surface area contributed by atoms with Crippen molar-refractivity contribution < 1.29 is 19.1 Å². The summed E-state index contributed by atoms with van der Waals surface area (Å²) < 4.78 is 11.0. The van der Waals surface area contributed by atoms with Crippen molar-refractivity contribution in [3.63, 3.8) is 0 Å². The molecule has 0 bridgehead atoms. The number of thiazole rings is 1. The number of allylic oxidation sites excluding steroid dienone is 2. The molecule has 6 nitrogen and oxygen atoms in total. The highest BCUT2D eigenvalue weighted by molar-refractivity contribution is 7.09. The third kappa shape index (κ3) is 9.42. The number of aromatic nitrogens is 1. The summed E-state index contributed by atoms with van der Waals surface area (Å²) in [6.45, 7) is 6.34. The number of esters is 1. The summed E-state index contributed by atoms with van der Waals surface area (Å²) in [5.41, 5.74) is 4.48. The molecule has 0 unspecified atom stereocenters. The second kappa shape index (κ2) is 15.3. The fourth-order valence-electron chi connectivity index (χ4n) is 5.00. The smallest absolute Gasteiger partial charge is 0.333 e. The number of nitrogens with one attached hydrogen (secondary N) is 1. The highest BCUT2D eigenvalue weighted by atomic mass is 32.1. The Morgan fingerprint density at radius 1 is 1.02 bits per heavy atom. The maximum absolute atomic E-state index is 13.3. The van der Waals surface area contributed by atoms with Crippen LogP contribution < -0.4 is 10.1 Å². The fraction of sp³-hybridized carbons (Fsp3) is 0.382. The molecule has 1 amide bonds. The number of rotatable bonds is 12. The minimum absolute atomic E-state index is 0.0672. The first kappa shape index (κ1) is 30.3. The predicted molar refractivity (Wildman–Crippen MR) is 165 cm³/mol. The first-order valence-electron chi connectivity index (χ1n) is 14.5. The summed E-state index contributed by atoms with van der Waals surface area (Å²) in [7, 11) is 0. The summed E-state index contributed by atoms with van der Waals surface area (Å²) in [4.78, 5) is 30.1. The Hall–Kier alpha value is -3.71. The Labute approximate surface area is 247 Å². The zero-order valence-corrected chi connectivity index (χ0v) is 25.0. The van der Waals surface area contributed by atoms with Gasteiger partial charge in [-0.3, -0.25) is 4.79 Å². The van der Waals surface area contributed by atoms with Gasteiger partial charge in [0.25, 0.3) is 0 Å². The number of nitrogens with zero attached hydrogens (tertiary/aromatic N) is 1. The Bertz CT molecular complexity index is 1340. The van der Waals surface area contributed by atoms with Crippen molar-refractivity contribution in [1.29, 1.82) is 0 Å². The maximum atomic E-state index is 13.3. The molecule has 1 N–H and O–H groups in total. The number of carbonyl (C=O) groups is 2. The van der Waals surface area contributed by atoms with Crippen molar-refractivity contribution in [2.45, 2.75) is 71.9 Å². The molecule has 1 aliphatic rings. The van der Waals surface area contributed by atoms with Gasteiger partial charge in [0.05, 0.1) is 18.3 Å². The molecule has 1 fully saturated rings. The Balaban J connectivity index is 1.47. The number of benzene rings is 2. The van der Waals surface area contributed by atoms with Gasteiger partial charge in [-0.25, -0.2) is 9.78 Å². The average molecular weight is 573 g/mol. The van der Waals surface area contributed by atoms with E-state index in [9.17, 15) is 9.59 Å². The molecule has 0 spiro atoms. The largest absolute Gasteiger partial charge is 0.489 e. The molecule has 0 aliphatic heterocycles. The molecule has 4 rings (SSSR count). The number of carbonyl (C=O) groups excluding carboxylic acids is 2. The van der Waals surface area contributed by atoms with Crippen LogP contribution in [0.2, 0.25) is 0 Å². The van der Waals surface area contributed by atoms with Gasteiger partial charge in [0.15, 0.2) is 0 Å². The van der Waals surface area contributed by atoms with E-state index in [0.29, 0.717) is 25.2 Å². The molecule has 7 heteroatoms. The van der Waals surface area contributed by atoms with Crippen LogP contribution in [0.1, 0.15) is 80.7 Å². The standard InChI is InChI=1S/C34H40N2O4S/c1-4-39-34(38)25(3)19-24(2)20-29-23-41-33(35-29)31(36-32(37)28-13-9-6-10-14-28)21-26-15-17-30(18-16-26)40-22-27-11-7-5-8-12-27/h5,7-8,11-12,15-20,23,28,31H,4,6,9-10,13-14,21-22H2,1-3H3,(H,36,37)/b24-20+,25-19+/t31-/m0/s1. The number of hydrogen-bond donors (Lipinski definition) is 1. The van der Waals surface area contributed by atoms with Gasteiger partial charge >= 0.3 is 5.97 Å². The summed E-state index contributed by atoms with van der Waals surface area (Å²) in [5.74, 6) is 0.677. The van der Waals surface area contributed by atoms with E-state index in [1.807, 2.05) is 60.8 Å². The molecule has 1 atom stereocenters. The monoisotopic (exact) mass is 572 g/mol. The molecular formula is C34H40N2O4S. The van der Waals surface area contributed by atoms with Gasteiger partial charge in [-0.2, -0.15) is 0 Å².